The van der Waals surface area contributed by atoms with Gasteiger partial charge in [-0.25, -0.2) is 0 Å². The van der Waals surface area contributed by atoms with Crippen LogP contribution in [0.25, 0.3) is 0 Å². The first-order chi connectivity index (χ1) is 11.2. The average Bonchev–Trinajstić information content (AvgIpc) is 3.44. The molecule has 1 heterocycles. The first-order valence-electron chi connectivity index (χ1n) is 7.66. The van der Waals surface area contributed by atoms with Gasteiger partial charge in [0.2, 0.25) is 0 Å². The SMILES string of the molecule is COc1cccc(C(=O)N(Cc2ccccn2)C2CC2)c1OC. The molecule has 2 aromatic rings. The van der Waals surface area contributed by atoms with Crippen LogP contribution in [-0.2, 0) is 6.54 Å². The summed E-state index contributed by atoms with van der Waals surface area (Å²) < 4.78 is 10.7. The number of hydrogen-bond acceptors (Lipinski definition) is 4. The minimum atomic E-state index is -0.0473. The number of amides is 1. The summed E-state index contributed by atoms with van der Waals surface area (Å²) in [7, 11) is 3.12. The number of para-hydroxylation sites is 1. The number of rotatable bonds is 6. The molecule has 1 fully saturated rings. The third kappa shape index (κ3) is 3.28. The molecular weight excluding hydrogens is 292 g/mol. The lowest BCUT2D eigenvalue weighted by Crippen LogP contribution is -2.33. The zero-order valence-electron chi connectivity index (χ0n) is 13.4. The molecule has 5 heteroatoms. The molecule has 0 aliphatic heterocycles. The Kier molecular flexibility index (Phi) is 4.46. The molecule has 120 valence electrons. The Bertz CT molecular complexity index is 684. The highest BCUT2D eigenvalue weighted by Crippen LogP contribution is 2.35. The second kappa shape index (κ2) is 6.69. The smallest absolute Gasteiger partial charge is 0.258 e. The van der Waals surface area contributed by atoms with Crippen LogP contribution in [0.1, 0.15) is 28.9 Å². The summed E-state index contributed by atoms with van der Waals surface area (Å²) in [5.41, 5.74) is 1.41. The number of hydrogen-bond donors (Lipinski definition) is 0. The maximum Gasteiger partial charge on any atom is 0.258 e. The standard InChI is InChI=1S/C18H20N2O3/c1-22-16-8-5-7-15(17(16)23-2)18(21)20(14-9-10-14)12-13-6-3-4-11-19-13/h3-8,11,14H,9-10,12H2,1-2H3. The lowest BCUT2D eigenvalue weighted by molar-refractivity contribution is 0.0723. The topological polar surface area (TPSA) is 51.7 Å². The Balaban J connectivity index is 1.90. The van der Waals surface area contributed by atoms with E-state index >= 15 is 0 Å². The molecule has 1 aliphatic rings. The molecule has 23 heavy (non-hydrogen) atoms. The zero-order valence-corrected chi connectivity index (χ0v) is 13.4. The molecule has 0 N–H and O–H groups in total. The fourth-order valence-corrected chi connectivity index (χ4v) is 2.63. The van der Waals surface area contributed by atoms with Crippen LogP contribution < -0.4 is 9.47 Å². The summed E-state index contributed by atoms with van der Waals surface area (Å²) in [6.45, 7) is 0.505. The van der Waals surface area contributed by atoms with Crippen LogP contribution in [0.2, 0.25) is 0 Å². The number of carbonyl (C=O) groups is 1. The molecule has 0 atom stereocenters. The van der Waals surface area contributed by atoms with Gasteiger partial charge in [-0.2, -0.15) is 0 Å². The van der Waals surface area contributed by atoms with E-state index in [2.05, 4.69) is 4.98 Å². The fraction of sp³-hybridized carbons (Fsp3) is 0.333. The average molecular weight is 312 g/mol. The van der Waals surface area contributed by atoms with E-state index in [1.807, 2.05) is 23.1 Å². The zero-order chi connectivity index (χ0) is 16.2. The van der Waals surface area contributed by atoms with Crippen LogP contribution in [0.5, 0.6) is 11.5 Å². The number of aromatic nitrogens is 1. The quantitative estimate of drug-likeness (QED) is 0.823. The Morgan fingerprint density at radius 2 is 2.00 bits per heavy atom. The molecule has 0 bridgehead atoms. The van der Waals surface area contributed by atoms with Gasteiger partial charge in [-0.15, -0.1) is 0 Å². The first-order valence-corrected chi connectivity index (χ1v) is 7.66. The van der Waals surface area contributed by atoms with Crippen molar-refractivity contribution in [3.8, 4) is 11.5 Å². The van der Waals surface area contributed by atoms with Gasteiger partial charge in [0.05, 0.1) is 32.0 Å². The Morgan fingerprint density at radius 1 is 1.17 bits per heavy atom. The van der Waals surface area contributed by atoms with Gasteiger partial charge in [0.15, 0.2) is 11.5 Å². The van der Waals surface area contributed by atoms with Crippen molar-refractivity contribution < 1.29 is 14.3 Å². The van der Waals surface area contributed by atoms with Gasteiger partial charge in [-0.1, -0.05) is 12.1 Å². The van der Waals surface area contributed by atoms with Gasteiger partial charge >= 0.3 is 0 Å². The van der Waals surface area contributed by atoms with Crippen LogP contribution in [0.4, 0.5) is 0 Å². The van der Waals surface area contributed by atoms with Crippen LogP contribution in [0.15, 0.2) is 42.6 Å². The van der Waals surface area contributed by atoms with Gasteiger partial charge in [0.25, 0.3) is 5.91 Å². The van der Waals surface area contributed by atoms with Crippen molar-refractivity contribution in [3.63, 3.8) is 0 Å². The molecule has 0 unspecified atom stereocenters. The van der Waals surface area contributed by atoms with E-state index in [4.69, 9.17) is 9.47 Å². The molecule has 0 spiro atoms. The van der Waals surface area contributed by atoms with Crippen LogP contribution in [0.3, 0.4) is 0 Å². The highest BCUT2D eigenvalue weighted by Gasteiger charge is 2.34. The highest BCUT2D eigenvalue weighted by atomic mass is 16.5. The van der Waals surface area contributed by atoms with Gasteiger partial charge in [-0.05, 0) is 37.1 Å². The molecule has 1 amide bonds. The molecule has 1 aromatic heterocycles. The van der Waals surface area contributed by atoms with E-state index in [1.54, 1.807) is 38.6 Å². The Hall–Kier alpha value is -2.56. The molecule has 1 aliphatic carbocycles. The maximum atomic E-state index is 13.0. The summed E-state index contributed by atoms with van der Waals surface area (Å²) in [5.74, 6) is 0.993. The number of carbonyl (C=O) groups excluding carboxylic acids is 1. The summed E-state index contributed by atoms with van der Waals surface area (Å²) in [4.78, 5) is 19.2. The lowest BCUT2D eigenvalue weighted by Gasteiger charge is -2.23. The third-order valence-corrected chi connectivity index (χ3v) is 3.94. The van der Waals surface area contributed by atoms with E-state index in [-0.39, 0.29) is 11.9 Å². The van der Waals surface area contributed by atoms with Gasteiger partial charge in [0, 0.05) is 12.2 Å². The van der Waals surface area contributed by atoms with Crippen molar-refractivity contribution in [3.05, 3.63) is 53.9 Å². The van der Waals surface area contributed by atoms with Crippen molar-refractivity contribution in [2.24, 2.45) is 0 Å². The van der Waals surface area contributed by atoms with Gasteiger partial charge in [0.1, 0.15) is 0 Å². The van der Waals surface area contributed by atoms with Crippen LogP contribution >= 0.6 is 0 Å². The molecule has 0 saturated heterocycles. The van der Waals surface area contributed by atoms with Crippen LogP contribution in [0, 0.1) is 0 Å². The van der Waals surface area contributed by atoms with E-state index < -0.39 is 0 Å². The Labute approximate surface area is 135 Å². The van der Waals surface area contributed by atoms with E-state index in [1.165, 1.54) is 0 Å². The highest BCUT2D eigenvalue weighted by molar-refractivity contribution is 5.98. The second-order valence-electron chi connectivity index (χ2n) is 5.53. The maximum absolute atomic E-state index is 13.0. The normalized spacial score (nSPS) is 13.5. The van der Waals surface area contributed by atoms with E-state index in [9.17, 15) is 4.79 Å². The minimum Gasteiger partial charge on any atom is -0.493 e. The van der Waals surface area contributed by atoms with E-state index in [0.29, 0.717) is 23.6 Å². The Morgan fingerprint density at radius 3 is 2.61 bits per heavy atom. The summed E-state index contributed by atoms with van der Waals surface area (Å²) >= 11 is 0. The molecule has 1 aromatic carbocycles. The number of nitrogens with zero attached hydrogens (tertiary/aromatic N) is 2. The molecule has 1 saturated carbocycles. The van der Waals surface area contributed by atoms with E-state index in [0.717, 1.165) is 18.5 Å². The van der Waals surface area contributed by atoms with Crippen LogP contribution in [-0.4, -0.2) is 36.1 Å². The van der Waals surface area contributed by atoms with Gasteiger partial charge < -0.3 is 14.4 Å². The summed E-state index contributed by atoms with van der Waals surface area (Å²) in [6, 6.07) is 11.4. The van der Waals surface area contributed by atoms with Crippen molar-refractivity contribution in [2.45, 2.75) is 25.4 Å². The first kappa shape index (κ1) is 15.3. The summed E-state index contributed by atoms with van der Waals surface area (Å²) in [5, 5.41) is 0. The molecule has 3 rings (SSSR count). The predicted octanol–water partition coefficient (Wildman–Crippen LogP) is 2.90. The lowest BCUT2D eigenvalue weighted by atomic mass is 10.1. The second-order valence-corrected chi connectivity index (χ2v) is 5.53. The number of ether oxygens (including phenoxy) is 2. The minimum absolute atomic E-state index is 0.0473. The number of benzene rings is 1. The number of pyridine rings is 1. The monoisotopic (exact) mass is 312 g/mol. The van der Waals surface area contributed by atoms with Gasteiger partial charge in [-0.3, -0.25) is 9.78 Å². The fourth-order valence-electron chi connectivity index (χ4n) is 2.63. The van der Waals surface area contributed by atoms with Crippen molar-refractivity contribution in [2.75, 3.05) is 14.2 Å². The van der Waals surface area contributed by atoms with Crippen molar-refractivity contribution in [1.29, 1.82) is 0 Å². The predicted molar refractivity (Wildman–Crippen MR) is 86.7 cm³/mol. The third-order valence-electron chi connectivity index (χ3n) is 3.94. The molecule has 0 radical (unpaired) electrons. The largest absolute Gasteiger partial charge is 0.493 e. The molecule has 5 nitrogen and oxygen atoms in total. The van der Waals surface area contributed by atoms with Crippen molar-refractivity contribution >= 4 is 5.91 Å². The number of methoxy groups -OCH3 is 2. The van der Waals surface area contributed by atoms with Crippen molar-refractivity contribution in [1.82, 2.24) is 9.88 Å². The summed E-state index contributed by atoms with van der Waals surface area (Å²) in [6.07, 6.45) is 3.81. The molecular formula is C18H20N2O3.